The van der Waals surface area contributed by atoms with Gasteiger partial charge in [0.15, 0.2) is 0 Å². The molecule has 0 amide bonds. The fourth-order valence-electron chi connectivity index (χ4n) is 7.38. The summed E-state index contributed by atoms with van der Waals surface area (Å²) in [4.78, 5) is 2.63. The Hall–Kier alpha value is -3.72. The largest absolute Gasteiger partial charge is 0.315 e. The molecule has 2 nitrogen and oxygen atoms in total. The highest BCUT2D eigenvalue weighted by Gasteiger charge is 2.49. The first-order valence-corrected chi connectivity index (χ1v) is 12.2. The van der Waals surface area contributed by atoms with E-state index in [1.54, 1.807) is 5.57 Å². The van der Waals surface area contributed by atoms with Crippen molar-refractivity contribution in [2.24, 2.45) is 5.92 Å². The monoisotopic (exact) mass is 420 g/mol. The van der Waals surface area contributed by atoms with Crippen molar-refractivity contribution in [2.75, 3.05) is 4.90 Å². The van der Waals surface area contributed by atoms with Crippen molar-refractivity contribution in [3.63, 3.8) is 0 Å². The third-order valence-electron chi connectivity index (χ3n) is 8.50. The van der Waals surface area contributed by atoms with Crippen LogP contribution < -0.4 is 15.8 Å². The molecular weight excluding hydrogens is 399 g/mol. The number of fused-ring (bicyclic) bond motifs is 10. The molecular formula is C30H21BN2. The lowest BCUT2D eigenvalue weighted by molar-refractivity contribution is 0.748. The molecule has 4 aromatic rings. The van der Waals surface area contributed by atoms with Gasteiger partial charge in [0.05, 0.1) is 5.52 Å². The second-order valence-corrected chi connectivity index (χ2v) is 9.93. The van der Waals surface area contributed by atoms with Gasteiger partial charge in [-0.05, 0) is 59.4 Å². The number of anilines is 1. The maximum atomic E-state index is 2.63. The summed E-state index contributed by atoms with van der Waals surface area (Å²) in [5.41, 5.74) is 14.4. The van der Waals surface area contributed by atoms with Gasteiger partial charge < -0.3 is 9.47 Å². The van der Waals surface area contributed by atoms with Crippen LogP contribution in [0.2, 0.25) is 0 Å². The first kappa shape index (κ1) is 16.9. The van der Waals surface area contributed by atoms with Crippen molar-refractivity contribution in [1.82, 2.24) is 4.57 Å². The molecule has 3 aromatic carbocycles. The van der Waals surface area contributed by atoms with Gasteiger partial charge in [-0.3, -0.25) is 0 Å². The van der Waals surface area contributed by atoms with Crippen LogP contribution in [0.1, 0.15) is 19.3 Å². The molecule has 5 aliphatic rings. The van der Waals surface area contributed by atoms with Crippen LogP contribution >= 0.6 is 0 Å². The maximum Gasteiger partial charge on any atom is 0.251 e. The van der Waals surface area contributed by atoms with Crippen LogP contribution in [0, 0.1) is 5.92 Å². The summed E-state index contributed by atoms with van der Waals surface area (Å²) in [6.07, 6.45) is 13.3. The molecule has 1 fully saturated rings. The lowest BCUT2D eigenvalue weighted by Crippen LogP contribution is -2.54. The van der Waals surface area contributed by atoms with Crippen molar-refractivity contribution in [3.05, 3.63) is 107 Å². The van der Waals surface area contributed by atoms with Gasteiger partial charge in [-0.2, -0.15) is 0 Å². The summed E-state index contributed by atoms with van der Waals surface area (Å²) >= 11 is 0. The lowest BCUT2D eigenvalue weighted by Gasteiger charge is -2.40. The Morgan fingerprint density at radius 2 is 1.67 bits per heavy atom. The fourth-order valence-corrected chi connectivity index (χ4v) is 7.38. The zero-order valence-electron chi connectivity index (χ0n) is 18.3. The number of rotatable bonds is 0. The lowest BCUT2D eigenvalue weighted by atomic mass is 9.33. The fraction of sp³-hybridized carbons (Fsp3) is 0.133. The molecule has 2 aliphatic carbocycles. The average molecular weight is 420 g/mol. The number of hydrogen-bond donors (Lipinski definition) is 0. The summed E-state index contributed by atoms with van der Waals surface area (Å²) in [6.45, 7) is 0.295. The molecule has 33 heavy (non-hydrogen) atoms. The predicted octanol–water partition coefficient (Wildman–Crippen LogP) is 5.51. The Kier molecular flexibility index (Phi) is 2.86. The number of para-hydroxylation sites is 2. The highest BCUT2D eigenvalue weighted by atomic mass is 15.2. The maximum absolute atomic E-state index is 2.63. The normalized spacial score (nSPS) is 21.3. The molecule has 3 aliphatic heterocycles. The van der Waals surface area contributed by atoms with Crippen LogP contribution in [0.5, 0.6) is 0 Å². The van der Waals surface area contributed by atoms with Crippen molar-refractivity contribution >= 4 is 45.1 Å². The first-order chi connectivity index (χ1) is 16.4. The van der Waals surface area contributed by atoms with Crippen LogP contribution in [-0.4, -0.2) is 11.3 Å². The van der Waals surface area contributed by atoms with Crippen molar-refractivity contribution in [1.29, 1.82) is 0 Å². The first-order valence-electron chi connectivity index (χ1n) is 12.2. The van der Waals surface area contributed by atoms with Gasteiger partial charge in [-0.15, -0.1) is 0 Å². The second-order valence-electron chi connectivity index (χ2n) is 9.93. The summed E-state index contributed by atoms with van der Waals surface area (Å²) in [7, 11) is 0. The van der Waals surface area contributed by atoms with E-state index in [2.05, 4.69) is 94.4 Å². The molecule has 154 valence electrons. The summed E-state index contributed by atoms with van der Waals surface area (Å²) in [6, 6.07) is 22.8. The molecule has 0 N–H and O–H groups in total. The molecule has 0 spiro atoms. The minimum atomic E-state index is 0.295. The van der Waals surface area contributed by atoms with Crippen LogP contribution in [-0.2, 0) is 0 Å². The molecule has 1 atom stereocenters. The van der Waals surface area contributed by atoms with Gasteiger partial charge in [0.2, 0.25) is 0 Å². The van der Waals surface area contributed by atoms with Gasteiger partial charge in [-0.25, -0.2) is 0 Å². The van der Waals surface area contributed by atoms with Gasteiger partial charge in [0.1, 0.15) is 0 Å². The smallest absolute Gasteiger partial charge is 0.251 e. The number of benzene rings is 3. The molecule has 4 heterocycles. The van der Waals surface area contributed by atoms with Crippen molar-refractivity contribution < 1.29 is 0 Å². The van der Waals surface area contributed by atoms with E-state index >= 15 is 0 Å². The number of nitrogens with zero attached hydrogens (tertiary/aromatic N) is 2. The van der Waals surface area contributed by atoms with Crippen LogP contribution in [0.25, 0.3) is 27.5 Å². The molecule has 1 saturated heterocycles. The molecule has 0 saturated carbocycles. The van der Waals surface area contributed by atoms with E-state index < -0.39 is 0 Å². The number of hydrogen-bond acceptors (Lipinski definition) is 1. The topological polar surface area (TPSA) is 8.17 Å². The van der Waals surface area contributed by atoms with Crippen LogP contribution in [0.15, 0.2) is 107 Å². The van der Waals surface area contributed by atoms with E-state index in [4.69, 9.17) is 0 Å². The SMILES string of the molecule is C1=CC2=C3C(C1)C1=CCCC=C1N3c1cccc3c1B2c1cccc2c4ccccc4n-3c12. The Morgan fingerprint density at radius 3 is 2.67 bits per heavy atom. The molecule has 9 rings (SSSR count). The molecule has 0 radical (unpaired) electrons. The van der Waals surface area contributed by atoms with E-state index in [-0.39, 0.29) is 0 Å². The zero-order valence-corrected chi connectivity index (χ0v) is 18.3. The standard InChI is InChI=1S/C30H21BN2/c1-3-14-24-18(8-1)20-10-5-12-22-29(20)32(24)26-16-7-17-27-28(26)31(22)23-13-6-11-21-19-9-2-4-15-25(19)33(27)30(21)23/h1,3,5-10,12-17,21H,2,4,11H2. The van der Waals surface area contributed by atoms with E-state index in [1.165, 1.54) is 67.4 Å². The van der Waals surface area contributed by atoms with E-state index in [0.29, 0.717) is 12.6 Å². The number of aromatic nitrogens is 1. The zero-order chi connectivity index (χ0) is 21.3. The van der Waals surface area contributed by atoms with Crippen LogP contribution in [0.3, 0.4) is 0 Å². The second kappa shape index (κ2) is 5.61. The Balaban J connectivity index is 1.49. The third-order valence-corrected chi connectivity index (χ3v) is 8.50. The molecule has 1 unspecified atom stereocenters. The quantitative estimate of drug-likeness (QED) is 0.341. The van der Waals surface area contributed by atoms with E-state index in [9.17, 15) is 0 Å². The average Bonchev–Trinajstić information content (AvgIpc) is 3.39. The Morgan fingerprint density at radius 1 is 0.818 bits per heavy atom. The third kappa shape index (κ3) is 1.80. The van der Waals surface area contributed by atoms with E-state index in [0.717, 1.165) is 12.8 Å². The molecule has 3 heteroatoms. The molecule has 0 bridgehead atoms. The minimum Gasteiger partial charge on any atom is -0.315 e. The van der Waals surface area contributed by atoms with Crippen molar-refractivity contribution in [2.45, 2.75) is 19.3 Å². The minimum absolute atomic E-state index is 0.295. The Labute approximate surface area is 192 Å². The highest BCUT2D eigenvalue weighted by molar-refractivity contribution is 6.95. The van der Waals surface area contributed by atoms with Gasteiger partial charge in [0, 0.05) is 45.0 Å². The number of allylic oxidation sites excluding steroid dienone is 7. The summed E-state index contributed by atoms with van der Waals surface area (Å²) in [5.74, 6) is 0.500. The highest BCUT2D eigenvalue weighted by Crippen LogP contribution is 2.52. The summed E-state index contributed by atoms with van der Waals surface area (Å²) in [5, 5.41) is 2.72. The van der Waals surface area contributed by atoms with Gasteiger partial charge >= 0.3 is 0 Å². The Bertz CT molecular complexity index is 1710. The van der Waals surface area contributed by atoms with Gasteiger partial charge in [-0.1, -0.05) is 66.8 Å². The van der Waals surface area contributed by atoms with Crippen LogP contribution in [0.4, 0.5) is 5.69 Å². The van der Waals surface area contributed by atoms with Gasteiger partial charge in [0.25, 0.3) is 6.71 Å². The van der Waals surface area contributed by atoms with E-state index in [1.807, 2.05) is 0 Å². The summed E-state index contributed by atoms with van der Waals surface area (Å²) < 4.78 is 2.53. The molecule has 1 aromatic heterocycles. The van der Waals surface area contributed by atoms with Crippen molar-refractivity contribution in [3.8, 4) is 5.69 Å². The predicted molar refractivity (Wildman–Crippen MR) is 138 cm³/mol.